The summed E-state index contributed by atoms with van der Waals surface area (Å²) in [5.74, 6) is 0.952. The van der Waals surface area contributed by atoms with Crippen LogP contribution in [0.2, 0.25) is 0 Å². The molecule has 1 aliphatic carbocycles. The lowest BCUT2D eigenvalue weighted by Crippen LogP contribution is -2.55. The Morgan fingerprint density at radius 3 is 2.89 bits per heavy atom. The van der Waals surface area contributed by atoms with Gasteiger partial charge in [0, 0.05) is 11.6 Å². The maximum atomic E-state index is 12.4. The monoisotopic (exact) mass is 257 g/mol. The predicted molar refractivity (Wildman–Crippen MR) is 70.4 cm³/mol. The van der Waals surface area contributed by atoms with Crippen molar-refractivity contribution in [2.75, 3.05) is 5.43 Å². The average Bonchev–Trinajstić information content (AvgIpc) is 2.84. The maximum Gasteiger partial charge on any atom is 0.264 e. The highest BCUT2D eigenvalue weighted by Crippen LogP contribution is 2.41. The fraction of sp³-hybridized carbons (Fsp3) is 0.462. The largest absolute Gasteiger partial charge is 0.295 e. The van der Waals surface area contributed by atoms with E-state index < -0.39 is 5.54 Å². The number of carbonyl (C=O) groups is 1. The highest BCUT2D eigenvalue weighted by molar-refractivity contribution is 5.93. The number of anilines is 1. The molecule has 1 fully saturated rings. The summed E-state index contributed by atoms with van der Waals surface area (Å²) in [5.41, 5.74) is 6.14. The molecule has 0 atom stereocenters. The molecule has 0 radical (unpaired) electrons. The first-order valence-electron chi connectivity index (χ1n) is 6.70. The van der Waals surface area contributed by atoms with Crippen molar-refractivity contribution in [3.63, 3.8) is 0 Å². The Balaban J connectivity index is 2.01. The van der Waals surface area contributed by atoms with Gasteiger partial charge in [0.1, 0.15) is 23.3 Å². The number of hydrogen-bond acceptors (Lipinski definition) is 4. The summed E-state index contributed by atoms with van der Waals surface area (Å²) in [7, 11) is 0. The molecule has 19 heavy (non-hydrogen) atoms. The van der Waals surface area contributed by atoms with Crippen LogP contribution in [0, 0.1) is 0 Å². The van der Waals surface area contributed by atoms with E-state index in [9.17, 15) is 4.79 Å². The smallest absolute Gasteiger partial charge is 0.264 e. The van der Waals surface area contributed by atoms with Crippen molar-refractivity contribution in [3.8, 4) is 0 Å². The van der Waals surface area contributed by atoms with Crippen molar-refractivity contribution in [1.29, 1.82) is 0 Å². The van der Waals surface area contributed by atoms with Crippen LogP contribution in [0.4, 0.5) is 5.82 Å². The van der Waals surface area contributed by atoms with Crippen molar-refractivity contribution in [3.05, 3.63) is 18.6 Å². The Morgan fingerprint density at radius 1 is 1.21 bits per heavy atom. The lowest BCUT2D eigenvalue weighted by atomic mass is 9.80. The lowest BCUT2D eigenvalue weighted by molar-refractivity contribution is -0.131. The summed E-state index contributed by atoms with van der Waals surface area (Å²) in [6.45, 7) is 0. The Morgan fingerprint density at radius 2 is 2.05 bits per heavy atom. The van der Waals surface area contributed by atoms with Crippen molar-refractivity contribution in [2.24, 2.45) is 0 Å². The standard InChI is InChI=1S/C13H15N5O/c19-12-13(4-2-1-3-5-13)18-10(16-17-12)6-9-7-14-8-15-11(9)18/h6-8,16H,1-5H2,(H,17,19). The number of nitrogens with zero attached hydrogens (tertiary/aromatic N) is 3. The third-order valence-corrected chi connectivity index (χ3v) is 4.30. The SMILES string of the molecule is O=C1NNc2cc3cncnc3n2C12CCCCC2. The van der Waals surface area contributed by atoms with Gasteiger partial charge in [-0.05, 0) is 18.9 Å². The summed E-state index contributed by atoms with van der Waals surface area (Å²) >= 11 is 0. The molecule has 1 amide bonds. The molecule has 1 spiro atoms. The molecule has 0 bridgehead atoms. The number of aromatic nitrogens is 3. The lowest BCUT2D eigenvalue weighted by Gasteiger charge is -2.41. The summed E-state index contributed by atoms with van der Waals surface area (Å²) in [5, 5.41) is 0.964. The molecule has 0 aromatic carbocycles. The van der Waals surface area contributed by atoms with E-state index in [1.807, 2.05) is 6.07 Å². The number of hydrogen-bond donors (Lipinski definition) is 2. The van der Waals surface area contributed by atoms with Crippen LogP contribution in [0.3, 0.4) is 0 Å². The number of fused-ring (bicyclic) bond motifs is 4. The Hall–Kier alpha value is -2.11. The molecule has 2 aromatic rings. The summed E-state index contributed by atoms with van der Waals surface area (Å²) in [6.07, 6.45) is 8.44. The van der Waals surface area contributed by atoms with Gasteiger partial charge in [-0.2, -0.15) is 0 Å². The molecule has 2 aliphatic rings. The minimum atomic E-state index is -0.477. The van der Waals surface area contributed by atoms with E-state index in [1.165, 1.54) is 6.42 Å². The molecule has 4 rings (SSSR count). The first-order valence-corrected chi connectivity index (χ1v) is 6.70. The second kappa shape index (κ2) is 3.69. The van der Waals surface area contributed by atoms with E-state index in [0.717, 1.165) is 42.5 Å². The third kappa shape index (κ3) is 1.34. The van der Waals surface area contributed by atoms with Gasteiger partial charge >= 0.3 is 0 Å². The summed E-state index contributed by atoms with van der Waals surface area (Å²) in [6, 6.07) is 1.99. The van der Waals surface area contributed by atoms with Crippen LogP contribution < -0.4 is 10.9 Å². The Kier molecular flexibility index (Phi) is 2.09. The van der Waals surface area contributed by atoms with Crippen molar-refractivity contribution in [1.82, 2.24) is 20.0 Å². The molecule has 0 saturated heterocycles. The van der Waals surface area contributed by atoms with E-state index >= 15 is 0 Å². The molecular weight excluding hydrogens is 242 g/mol. The highest BCUT2D eigenvalue weighted by Gasteiger charge is 2.45. The van der Waals surface area contributed by atoms with Crippen molar-refractivity contribution >= 4 is 22.8 Å². The molecule has 3 heterocycles. The third-order valence-electron chi connectivity index (χ3n) is 4.30. The van der Waals surface area contributed by atoms with Gasteiger partial charge in [-0.1, -0.05) is 19.3 Å². The number of amides is 1. The Bertz CT molecular complexity index is 656. The zero-order valence-electron chi connectivity index (χ0n) is 10.5. The summed E-state index contributed by atoms with van der Waals surface area (Å²) in [4.78, 5) is 20.9. The number of nitrogens with one attached hydrogen (secondary N) is 2. The zero-order valence-corrected chi connectivity index (χ0v) is 10.5. The first kappa shape index (κ1) is 10.8. The molecule has 6 heteroatoms. The van der Waals surface area contributed by atoms with Gasteiger partial charge in [-0.3, -0.25) is 20.2 Å². The van der Waals surface area contributed by atoms with E-state index in [1.54, 1.807) is 12.5 Å². The van der Waals surface area contributed by atoms with Gasteiger partial charge in [-0.25, -0.2) is 9.97 Å². The quantitative estimate of drug-likeness (QED) is 0.751. The zero-order chi connectivity index (χ0) is 12.9. The van der Waals surface area contributed by atoms with Gasteiger partial charge in [0.15, 0.2) is 0 Å². The predicted octanol–water partition coefficient (Wildman–Crippen LogP) is 1.55. The Labute approximate surface area is 110 Å². The first-order chi connectivity index (χ1) is 9.31. The van der Waals surface area contributed by atoms with E-state index in [2.05, 4.69) is 25.4 Å². The second-order valence-corrected chi connectivity index (χ2v) is 5.34. The van der Waals surface area contributed by atoms with E-state index in [0.29, 0.717) is 0 Å². The minimum absolute atomic E-state index is 0.0517. The molecule has 1 aliphatic heterocycles. The molecule has 6 nitrogen and oxygen atoms in total. The van der Waals surface area contributed by atoms with Crippen LogP contribution in [-0.4, -0.2) is 20.4 Å². The van der Waals surface area contributed by atoms with Gasteiger partial charge in [0.05, 0.1) is 0 Å². The topological polar surface area (TPSA) is 71.8 Å². The van der Waals surface area contributed by atoms with Crippen LogP contribution in [0.1, 0.15) is 32.1 Å². The fourth-order valence-electron chi connectivity index (χ4n) is 3.40. The average molecular weight is 257 g/mol. The second-order valence-electron chi connectivity index (χ2n) is 5.34. The van der Waals surface area contributed by atoms with E-state index in [4.69, 9.17) is 0 Å². The molecule has 2 aromatic heterocycles. The normalized spacial score (nSPS) is 20.9. The molecular formula is C13H15N5O. The van der Waals surface area contributed by atoms with Crippen molar-refractivity contribution in [2.45, 2.75) is 37.6 Å². The van der Waals surface area contributed by atoms with Crippen LogP contribution >= 0.6 is 0 Å². The number of carbonyl (C=O) groups excluding carboxylic acids is 1. The summed E-state index contributed by atoms with van der Waals surface area (Å²) < 4.78 is 2.07. The van der Waals surface area contributed by atoms with Crippen LogP contribution in [0.15, 0.2) is 18.6 Å². The number of hydrazine groups is 1. The van der Waals surface area contributed by atoms with E-state index in [-0.39, 0.29) is 5.91 Å². The molecule has 0 unspecified atom stereocenters. The van der Waals surface area contributed by atoms with Gasteiger partial charge < -0.3 is 0 Å². The molecule has 1 saturated carbocycles. The highest BCUT2D eigenvalue weighted by atomic mass is 16.2. The van der Waals surface area contributed by atoms with Crippen molar-refractivity contribution < 1.29 is 4.79 Å². The van der Waals surface area contributed by atoms with Crippen LogP contribution in [0.5, 0.6) is 0 Å². The molecule has 2 N–H and O–H groups in total. The number of rotatable bonds is 0. The maximum absolute atomic E-state index is 12.4. The van der Waals surface area contributed by atoms with Gasteiger partial charge in [0.25, 0.3) is 5.91 Å². The molecule has 98 valence electrons. The van der Waals surface area contributed by atoms with Crippen LogP contribution in [0.25, 0.3) is 11.0 Å². The van der Waals surface area contributed by atoms with Gasteiger partial charge in [-0.15, -0.1) is 0 Å². The van der Waals surface area contributed by atoms with Crippen LogP contribution in [-0.2, 0) is 10.3 Å². The van der Waals surface area contributed by atoms with Gasteiger partial charge in [0.2, 0.25) is 0 Å². The minimum Gasteiger partial charge on any atom is -0.295 e. The fourth-order valence-corrected chi connectivity index (χ4v) is 3.40.